The third-order valence-electron chi connectivity index (χ3n) is 3.36. The number of para-hydroxylation sites is 1. The van der Waals surface area contributed by atoms with E-state index in [-0.39, 0.29) is 18.3 Å². The zero-order valence-corrected chi connectivity index (χ0v) is 10.2. The maximum absolute atomic E-state index is 12.3. The van der Waals surface area contributed by atoms with Gasteiger partial charge in [0, 0.05) is 12.7 Å². The van der Waals surface area contributed by atoms with Crippen LogP contribution in [0.15, 0.2) is 24.3 Å². The van der Waals surface area contributed by atoms with Crippen LogP contribution in [-0.2, 0) is 19.7 Å². The average Bonchev–Trinajstić information content (AvgIpc) is 2.53. The summed E-state index contributed by atoms with van der Waals surface area (Å²) in [6.45, 7) is 1.79. The van der Waals surface area contributed by atoms with E-state index >= 15 is 0 Å². The number of methoxy groups -OCH3 is 1. The van der Waals surface area contributed by atoms with Crippen LogP contribution in [0.25, 0.3) is 0 Å². The van der Waals surface area contributed by atoms with E-state index in [9.17, 15) is 9.59 Å². The van der Waals surface area contributed by atoms with Crippen LogP contribution in [-0.4, -0.2) is 26.0 Å². The van der Waals surface area contributed by atoms with Crippen LogP contribution >= 0.6 is 0 Å². The third-order valence-corrected chi connectivity index (χ3v) is 3.36. The quantitative estimate of drug-likeness (QED) is 0.727. The van der Waals surface area contributed by atoms with E-state index in [1.54, 1.807) is 18.9 Å². The van der Waals surface area contributed by atoms with Gasteiger partial charge in [-0.25, -0.2) is 0 Å². The van der Waals surface area contributed by atoms with E-state index < -0.39 is 5.41 Å². The van der Waals surface area contributed by atoms with Gasteiger partial charge in [-0.3, -0.25) is 9.59 Å². The highest BCUT2D eigenvalue weighted by atomic mass is 16.5. The molecular formula is C13H15NO3. The van der Waals surface area contributed by atoms with Gasteiger partial charge >= 0.3 is 5.97 Å². The fraction of sp³-hybridized carbons (Fsp3) is 0.385. The number of amides is 1. The van der Waals surface area contributed by atoms with Crippen molar-refractivity contribution in [1.29, 1.82) is 0 Å². The first-order valence-corrected chi connectivity index (χ1v) is 5.45. The summed E-state index contributed by atoms with van der Waals surface area (Å²) in [7, 11) is 3.06. The Kier molecular flexibility index (Phi) is 2.65. The fourth-order valence-corrected chi connectivity index (χ4v) is 2.36. The summed E-state index contributed by atoms with van der Waals surface area (Å²) < 4.78 is 4.67. The minimum Gasteiger partial charge on any atom is -0.469 e. The van der Waals surface area contributed by atoms with Crippen LogP contribution in [0.3, 0.4) is 0 Å². The van der Waals surface area contributed by atoms with Crippen LogP contribution in [0.5, 0.6) is 0 Å². The molecular weight excluding hydrogens is 218 g/mol. The van der Waals surface area contributed by atoms with E-state index in [4.69, 9.17) is 0 Å². The van der Waals surface area contributed by atoms with Crippen molar-refractivity contribution in [3.05, 3.63) is 29.8 Å². The molecule has 4 heteroatoms. The van der Waals surface area contributed by atoms with Crippen molar-refractivity contribution < 1.29 is 14.3 Å². The summed E-state index contributed by atoms with van der Waals surface area (Å²) in [6.07, 6.45) is 0.0731. The van der Waals surface area contributed by atoms with Gasteiger partial charge in [0.1, 0.15) is 0 Å². The molecule has 1 aromatic rings. The van der Waals surface area contributed by atoms with Crippen molar-refractivity contribution in [1.82, 2.24) is 0 Å². The molecule has 0 saturated heterocycles. The Hall–Kier alpha value is -1.84. The second-order valence-corrected chi connectivity index (χ2v) is 4.47. The van der Waals surface area contributed by atoms with Crippen molar-refractivity contribution in [2.75, 3.05) is 19.1 Å². The topological polar surface area (TPSA) is 46.6 Å². The maximum Gasteiger partial charge on any atom is 0.306 e. The van der Waals surface area contributed by atoms with E-state index in [1.807, 2.05) is 24.3 Å². The van der Waals surface area contributed by atoms with Crippen molar-refractivity contribution in [3.63, 3.8) is 0 Å². The molecule has 1 aliphatic rings. The summed E-state index contributed by atoms with van der Waals surface area (Å²) in [5.41, 5.74) is 0.945. The number of rotatable bonds is 2. The number of anilines is 1. The summed E-state index contributed by atoms with van der Waals surface area (Å²) in [6, 6.07) is 7.53. The van der Waals surface area contributed by atoms with Gasteiger partial charge in [-0.05, 0) is 18.6 Å². The van der Waals surface area contributed by atoms with Crippen molar-refractivity contribution >= 4 is 17.6 Å². The zero-order chi connectivity index (χ0) is 12.6. The van der Waals surface area contributed by atoms with Gasteiger partial charge in [-0.15, -0.1) is 0 Å². The Bertz CT molecular complexity index is 483. The molecule has 2 rings (SSSR count). The number of carbonyl (C=O) groups excluding carboxylic acids is 2. The molecule has 0 bridgehead atoms. The lowest BCUT2D eigenvalue weighted by Gasteiger charge is -2.21. The van der Waals surface area contributed by atoms with E-state index in [0.29, 0.717) is 0 Å². The first-order valence-electron chi connectivity index (χ1n) is 5.45. The molecule has 17 heavy (non-hydrogen) atoms. The summed E-state index contributed by atoms with van der Waals surface area (Å²) in [4.78, 5) is 25.3. The highest BCUT2D eigenvalue weighted by molar-refractivity contribution is 6.09. The summed E-state index contributed by atoms with van der Waals surface area (Å²) in [5, 5.41) is 0. The molecule has 1 amide bonds. The molecule has 4 nitrogen and oxygen atoms in total. The van der Waals surface area contributed by atoms with Crippen LogP contribution in [0.4, 0.5) is 5.69 Å². The highest BCUT2D eigenvalue weighted by Crippen LogP contribution is 2.42. The number of ether oxygens (including phenoxy) is 1. The molecule has 0 fully saturated rings. The SMILES string of the molecule is COC(=O)CC1(C)C(=O)N(C)c2ccccc21. The van der Waals surface area contributed by atoms with Crippen LogP contribution in [0, 0.1) is 0 Å². The molecule has 1 unspecified atom stereocenters. The Morgan fingerprint density at radius 3 is 2.71 bits per heavy atom. The monoisotopic (exact) mass is 233 g/mol. The molecule has 0 aliphatic carbocycles. The molecule has 1 atom stereocenters. The predicted octanol–water partition coefficient (Wildman–Crippen LogP) is 1.48. The second kappa shape index (κ2) is 3.87. The van der Waals surface area contributed by atoms with Gasteiger partial charge in [0.15, 0.2) is 0 Å². The first kappa shape index (κ1) is 11.6. The number of likely N-dealkylation sites (N-methyl/N-ethyl adjacent to an activating group) is 1. The van der Waals surface area contributed by atoms with E-state index in [2.05, 4.69) is 4.74 Å². The van der Waals surface area contributed by atoms with Gasteiger partial charge in [0.2, 0.25) is 5.91 Å². The zero-order valence-electron chi connectivity index (χ0n) is 10.2. The minimum absolute atomic E-state index is 0.0656. The molecule has 90 valence electrons. The molecule has 0 radical (unpaired) electrons. The molecule has 1 heterocycles. The van der Waals surface area contributed by atoms with Crippen molar-refractivity contribution in [2.45, 2.75) is 18.8 Å². The number of hydrogen-bond acceptors (Lipinski definition) is 3. The smallest absolute Gasteiger partial charge is 0.306 e. The van der Waals surface area contributed by atoms with Crippen LogP contribution in [0.1, 0.15) is 18.9 Å². The van der Waals surface area contributed by atoms with Gasteiger partial charge in [-0.2, -0.15) is 0 Å². The fourth-order valence-electron chi connectivity index (χ4n) is 2.36. The van der Waals surface area contributed by atoms with Gasteiger partial charge in [-0.1, -0.05) is 18.2 Å². The molecule has 0 N–H and O–H groups in total. The Morgan fingerprint density at radius 1 is 1.41 bits per heavy atom. The first-order chi connectivity index (χ1) is 8.00. The summed E-state index contributed by atoms with van der Waals surface area (Å²) in [5.74, 6) is -0.435. The molecule has 1 aromatic carbocycles. The summed E-state index contributed by atoms with van der Waals surface area (Å²) >= 11 is 0. The number of esters is 1. The lowest BCUT2D eigenvalue weighted by atomic mass is 9.81. The van der Waals surface area contributed by atoms with Gasteiger partial charge in [0.25, 0.3) is 0 Å². The maximum atomic E-state index is 12.3. The van der Waals surface area contributed by atoms with E-state index in [0.717, 1.165) is 11.3 Å². The number of hydrogen-bond donors (Lipinski definition) is 0. The lowest BCUT2D eigenvalue weighted by Crippen LogP contribution is -2.38. The Balaban J connectivity index is 2.48. The van der Waals surface area contributed by atoms with Gasteiger partial charge < -0.3 is 9.64 Å². The largest absolute Gasteiger partial charge is 0.469 e. The van der Waals surface area contributed by atoms with Crippen molar-refractivity contribution in [2.24, 2.45) is 0 Å². The molecule has 0 aromatic heterocycles. The van der Waals surface area contributed by atoms with Crippen LogP contribution < -0.4 is 4.90 Å². The Labute approximate surface area is 100 Å². The number of benzene rings is 1. The Morgan fingerprint density at radius 2 is 2.06 bits per heavy atom. The highest BCUT2D eigenvalue weighted by Gasteiger charge is 2.47. The predicted molar refractivity (Wildman–Crippen MR) is 63.8 cm³/mol. The minimum atomic E-state index is -0.807. The molecule has 0 saturated carbocycles. The number of fused-ring (bicyclic) bond motifs is 1. The number of nitrogens with zero attached hydrogens (tertiary/aromatic N) is 1. The number of carbonyl (C=O) groups is 2. The third kappa shape index (κ3) is 1.60. The van der Waals surface area contributed by atoms with E-state index in [1.165, 1.54) is 7.11 Å². The molecule has 0 spiro atoms. The molecule has 1 aliphatic heterocycles. The lowest BCUT2D eigenvalue weighted by molar-refractivity contribution is -0.144. The van der Waals surface area contributed by atoms with Crippen molar-refractivity contribution in [3.8, 4) is 0 Å². The average molecular weight is 233 g/mol. The normalized spacial score (nSPS) is 22.5. The standard InChI is InChI=1S/C13H15NO3/c1-13(8-11(15)17-3)9-6-4-5-7-10(9)14(2)12(13)16/h4-7H,8H2,1-3H3. The van der Waals surface area contributed by atoms with Gasteiger partial charge in [0.05, 0.1) is 18.9 Å². The van der Waals surface area contributed by atoms with Crippen LogP contribution in [0.2, 0.25) is 0 Å². The second-order valence-electron chi connectivity index (χ2n) is 4.47.